The zero-order chi connectivity index (χ0) is 6.41. The van der Waals surface area contributed by atoms with Crippen molar-refractivity contribution in [2.75, 3.05) is 12.7 Å². The lowest BCUT2D eigenvalue weighted by molar-refractivity contribution is 0.260. The van der Waals surface area contributed by atoms with Crippen LogP contribution in [0.25, 0.3) is 0 Å². The van der Waals surface area contributed by atoms with Gasteiger partial charge in [0.15, 0.2) is 6.07 Å². The molecule has 0 bridgehead atoms. The Kier molecular flexibility index (Phi) is 5.66. The van der Waals surface area contributed by atoms with Crippen LogP contribution in [-0.4, -0.2) is 12.7 Å². The third-order valence-corrected chi connectivity index (χ3v) is 1.46. The zero-order valence-corrected chi connectivity index (χ0v) is 6.11. The van der Waals surface area contributed by atoms with Crippen molar-refractivity contribution < 1.29 is 13.6 Å². The Morgan fingerprint density at radius 3 is 2.62 bits per heavy atom. The highest BCUT2D eigenvalue weighted by molar-refractivity contribution is 7.33. The van der Waals surface area contributed by atoms with Crippen LogP contribution in [0.1, 0.15) is 6.92 Å². The van der Waals surface area contributed by atoms with E-state index in [-0.39, 0.29) is 6.07 Å². The van der Waals surface area contributed by atoms with Crippen molar-refractivity contribution in [3.05, 3.63) is 0 Å². The smallest absolute Gasteiger partial charge is 0.119 e. The van der Waals surface area contributed by atoms with E-state index in [2.05, 4.69) is 9.05 Å². The molecule has 0 fully saturated rings. The van der Waals surface area contributed by atoms with E-state index in [1.54, 1.807) is 6.92 Å². The third kappa shape index (κ3) is 4.47. The molecule has 0 aromatic rings. The van der Waals surface area contributed by atoms with Crippen molar-refractivity contribution in [1.82, 2.24) is 0 Å². The minimum atomic E-state index is -1.96. The van der Waals surface area contributed by atoms with Gasteiger partial charge < -0.3 is 0 Å². The van der Waals surface area contributed by atoms with Crippen LogP contribution in [0.4, 0.5) is 0 Å². The monoisotopic (exact) mass is 157 g/mol. The Morgan fingerprint density at radius 2 is 2.25 bits per heavy atom. The van der Waals surface area contributed by atoms with Crippen LogP contribution < -0.4 is 0 Å². The molecule has 0 aliphatic carbocycles. The van der Waals surface area contributed by atoms with Gasteiger partial charge in [-0.15, -0.1) is 9.05 Å². The Balaban J connectivity index is 3.06. The fourth-order valence-electron chi connectivity index (χ4n) is 0.183. The van der Waals surface area contributed by atoms with Crippen LogP contribution in [0.5, 0.6) is 0 Å². The van der Waals surface area contributed by atoms with Gasteiger partial charge in [0.2, 0.25) is 0 Å². The summed E-state index contributed by atoms with van der Waals surface area (Å²) in [6.45, 7) is 2.11. The van der Waals surface area contributed by atoms with Gasteiger partial charge >= 0.3 is 8.25 Å². The summed E-state index contributed by atoms with van der Waals surface area (Å²) < 4.78 is 19.1. The number of alkyl halides is 1. The summed E-state index contributed by atoms with van der Waals surface area (Å²) in [6.07, 6.45) is 0. The molecule has 1 unspecified atom stereocenters. The molecule has 0 aliphatic heterocycles. The van der Waals surface area contributed by atoms with E-state index < -0.39 is 8.25 Å². The van der Waals surface area contributed by atoms with Gasteiger partial charge in [-0.1, -0.05) is 11.6 Å². The first-order valence-corrected chi connectivity index (χ1v) is 3.73. The van der Waals surface area contributed by atoms with E-state index in [4.69, 9.17) is 11.6 Å². The summed E-state index contributed by atoms with van der Waals surface area (Å²) in [6, 6.07) is -0.0881. The molecule has 0 aromatic carbocycles. The van der Waals surface area contributed by atoms with Crippen molar-refractivity contribution in [3.8, 4) is 0 Å². The molecule has 3 nitrogen and oxygen atoms in total. The van der Waals surface area contributed by atoms with Crippen LogP contribution in [0.3, 0.4) is 0 Å². The molecule has 0 radical (unpaired) electrons. The highest BCUT2D eigenvalue weighted by Gasteiger charge is 2.16. The second kappa shape index (κ2) is 5.45. The van der Waals surface area contributed by atoms with Crippen LogP contribution in [0.2, 0.25) is 0 Å². The SMILES string of the molecule is CCO[P+](=O)OCCl. The van der Waals surface area contributed by atoms with E-state index in [1.165, 1.54) is 0 Å². The predicted molar refractivity (Wildman–Crippen MR) is 31.0 cm³/mol. The first kappa shape index (κ1) is 8.31. The molecule has 0 aromatic heterocycles. The zero-order valence-electron chi connectivity index (χ0n) is 4.46. The van der Waals surface area contributed by atoms with E-state index in [9.17, 15) is 4.57 Å². The fourth-order valence-corrected chi connectivity index (χ4v) is 0.787. The van der Waals surface area contributed by atoms with Crippen LogP contribution >= 0.6 is 19.9 Å². The molecule has 8 heavy (non-hydrogen) atoms. The van der Waals surface area contributed by atoms with E-state index in [0.29, 0.717) is 6.61 Å². The molecule has 0 rings (SSSR count). The third-order valence-electron chi connectivity index (χ3n) is 0.389. The van der Waals surface area contributed by atoms with Gasteiger partial charge in [-0.3, -0.25) is 0 Å². The van der Waals surface area contributed by atoms with Crippen molar-refractivity contribution in [2.24, 2.45) is 0 Å². The second-order valence-electron chi connectivity index (χ2n) is 0.880. The summed E-state index contributed by atoms with van der Waals surface area (Å²) in [5.41, 5.74) is 0. The fraction of sp³-hybridized carbons (Fsp3) is 1.00. The highest BCUT2D eigenvalue weighted by atomic mass is 35.5. The Labute approximate surface area is 53.9 Å². The standard InChI is InChI=1S/C3H7ClO3P/c1-2-6-8(5)7-3-4/h2-3H2,1H3/q+1. The summed E-state index contributed by atoms with van der Waals surface area (Å²) in [5, 5.41) is 0. The van der Waals surface area contributed by atoms with Gasteiger partial charge in [0.1, 0.15) is 6.61 Å². The molecule has 0 N–H and O–H groups in total. The largest absolute Gasteiger partial charge is 0.698 e. The normalized spacial score (nSPS) is 11.5. The highest BCUT2D eigenvalue weighted by Crippen LogP contribution is 2.22. The number of halogens is 1. The molecule has 5 heteroatoms. The first-order chi connectivity index (χ1) is 3.81. The number of hydrogen-bond acceptors (Lipinski definition) is 3. The first-order valence-electron chi connectivity index (χ1n) is 2.10. The summed E-state index contributed by atoms with van der Waals surface area (Å²) >= 11 is 5.05. The molecular weight excluding hydrogens is 150 g/mol. The van der Waals surface area contributed by atoms with Crippen molar-refractivity contribution >= 4 is 19.9 Å². The van der Waals surface area contributed by atoms with Crippen molar-refractivity contribution in [1.29, 1.82) is 0 Å². The summed E-state index contributed by atoms with van der Waals surface area (Å²) in [7, 11) is -1.96. The number of hydrogen-bond donors (Lipinski definition) is 0. The van der Waals surface area contributed by atoms with Gasteiger partial charge in [0.25, 0.3) is 0 Å². The molecule has 0 spiro atoms. The van der Waals surface area contributed by atoms with E-state index >= 15 is 0 Å². The molecule has 0 amide bonds. The molecule has 0 saturated heterocycles. The van der Waals surface area contributed by atoms with Gasteiger partial charge in [0.05, 0.1) is 0 Å². The maximum atomic E-state index is 10.3. The molecule has 48 valence electrons. The average Bonchev–Trinajstić information content (AvgIpc) is 1.68. The van der Waals surface area contributed by atoms with E-state index in [0.717, 1.165) is 0 Å². The maximum absolute atomic E-state index is 10.3. The molecule has 0 heterocycles. The van der Waals surface area contributed by atoms with Crippen LogP contribution in [0, 0.1) is 0 Å². The summed E-state index contributed by atoms with van der Waals surface area (Å²) in [5.74, 6) is 0. The molecular formula is C3H7ClO3P+. The minimum Gasteiger partial charge on any atom is -0.119 e. The van der Waals surface area contributed by atoms with Gasteiger partial charge in [-0.2, -0.15) is 0 Å². The predicted octanol–water partition coefficient (Wildman–Crippen LogP) is 1.89. The van der Waals surface area contributed by atoms with Gasteiger partial charge in [-0.05, 0) is 6.92 Å². The van der Waals surface area contributed by atoms with Crippen molar-refractivity contribution in [3.63, 3.8) is 0 Å². The Hall–Kier alpha value is 0.310. The molecule has 1 atom stereocenters. The summed E-state index contributed by atoms with van der Waals surface area (Å²) in [4.78, 5) is 0. The van der Waals surface area contributed by atoms with Crippen LogP contribution in [-0.2, 0) is 13.6 Å². The lowest BCUT2D eigenvalue weighted by atomic mass is 10.9. The molecule has 0 aliphatic rings. The quantitative estimate of drug-likeness (QED) is 0.462. The van der Waals surface area contributed by atoms with E-state index in [1.807, 2.05) is 0 Å². The van der Waals surface area contributed by atoms with Crippen molar-refractivity contribution in [2.45, 2.75) is 6.92 Å². The lowest BCUT2D eigenvalue weighted by Crippen LogP contribution is -1.80. The number of rotatable bonds is 4. The molecule has 0 saturated carbocycles. The Morgan fingerprint density at radius 1 is 1.62 bits per heavy atom. The van der Waals surface area contributed by atoms with Gasteiger partial charge in [0, 0.05) is 4.57 Å². The average molecular weight is 158 g/mol. The minimum absolute atomic E-state index is 0.0881. The van der Waals surface area contributed by atoms with Crippen LogP contribution in [0.15, 0.2) is 0 Å². The maximum Gasteiger partial charge on any atom is 0.698 e. The topological polar surface area (TPSA) is 35.5 Å². The van der Waals surface area contributed by atoms with Gasteiger partial charge in [-0.25, -0.2) is 0 Å². The second-order valence-corrected chi connectivity index (χ2v) is 2.06. The lowest BCUT2D eigenvalue weighted by Gasteiger charge is -1.77. The Bertz CT molecular complexity index is 68.9.